The normalized spacial score (nSPS) is 13.8. The molecule has 0 unspecified atom stereocenters. The molecule has 4 rings (SSSR count). The highest BCUT2D eigenvalue weighted by Gasteiger charge is 2.21. The summed E-state index contributed by atoms with van der Waals surface area (Å²) in [5, 5.41) is 17.7. The molecule has 0 saturated carbocycles. The van der Waals surface area contributed by atoms with E-state index in [0.29, 0.717) is 12.2 Å². The third kappa shape index (κ3) is 3.44. The van der Waals surface area contributed by atoms with E-state index in [2.05, 4.69) is 37.9 Å². The summed E-state index contributed by atoms with van der Waals surface area (Å²) in [5.74, 6) is 2.65. The molecule has 0 atom stereocenters. The molecule has 1 aromatic heterocycles. The van der Waals surface area contributed by atoms with Crippen molar-refractivity contribution in [3.63, 3.8) is 0 Å². The summed E-state index contributed by atoms with van der Waals surface area (Å²) in [7, 11) is 0. The van der Waals surface area contributed by atoms with Gasteiger partial charge in [-0.15, -0.1) is 10.2 Å². The minimum Gasteiger partial charge on any atom is -0.492 e. The molecule has 0 amide bonds. The molecule has 26 heavy (non-hydrogen) atoms. The Morgan fingerprint density at radius 3 is 2.77 bits per heavy atom. The predicted octanol–water partition coefficient (Wildman–Crippen LogP) is 2.71. The van der Waals surface area contributed by atoms with E-state index in [4.69, 9.17) is 10.00 Å². The molecule has 2 aromatic carbocycles. The Morgan fingerprint density at radius 2 is 1.92 bits per heavy atom. The lowest BCUT2D eigenvalue weighted by atomic mass is 10.2. The predicted molar refractivity (Wildman–Crippen MR) is 97.4 cm³/mol. The molecule has 6 nitrogen and oxygen atoms in total. The Labute approximate surface area is 152 Å². The van der Waals surface area contributed by atoms with E-state index in [1.165, 1.54) is 0 Å². The molecule has 0 spiro atoms. The van der Waals surface area contributed by atoms with Crippen molar-refractivity contribution in [2.75, 3.05) is 19.7 Å². The monoisotopic (exact) mass is 345 g/mol. The first-order valence-corrected chi connectivity index (χ1v) is 8.66. The number of fused-ring (bicyclic) bond motifs is 1. The van der Waals surface area contributed by atoms with E-state index in [0.717, 1.165) is 49.1 Å². The molecule has 0 saturated heterocycles. The summed E-state index contributed by atoms with van der Waals surface area (Å²) in [6, 6.07) is 19.5. The zero-order valence-electron chi connectivity index (χ0n) is 14.4. The molecule has 3 aromatic rings. The third-order valence-corrected chi connectivity index (χ3v) is 4.50. The second-order valence-corrected chi connectivity index (χ2v) is 6.22. The summed E-state index contributed by atoms with van der Waals surface area (Å²) < 4.78 is 7.98. The van der Waals surface area contributed by atoms with Gasteiger partial charge in [0.05, 0.1) is 18.2 Å². The summed E-state index contributed by atoms with van der Waals surface area (Å²) in [4.78, 5) is 2.31. The highest BCUT2D eigenvalue weighted by atomic mass is 16.5. The second kappa shape index (κ2) is 7.38. The number of ether oxygens (including phenoxy) is 1. The largest absolute Gasteiger partial charge is 0.492 e. The van der Waals surface area contributed by atoms with Crippen LogP contribution in [-0.2, 0) is 13.1 Å². The van der Waals surface area contributed by atoms with Crippen molar-refractivity contribution < 1.29 is 4.74 Å². The van der Waals surface area contributed by atoms with Crippen LogP contribution in [0.4, 0.5) is 0 Å². The van der Waals surface area contributed by atoms with Gasteiger partial charge < -0.3 is 9.30 Å². The Morgan fingerprint density at radius 1 is 1.04 bits per heavy atom. The molecule has 0 radical (unpaired) electrons. The van der Waals surface area contributed by atoms with Gasteiger partial charge in [-0.05, 0) is 18.2 Å². The Kier molecular flexibility index (Phi) is 4.63. The van der Waals surface area contributed by atoms with E-state index in [-0.39, 0.29) is 0 Å². The Hall–Kier alpha value is -3.17. The molecular weight excluding hydrogens is 326 g/mol. The van der Waals surface area contributed by atoms with Gasteiger partial charge in [-0.1, -0.05) is 36.4 Å². The summed E-state index contributed by atoms with van der Waals surface area (Å²) in [6.45, 7) is 3.96. The summed E-state index contributed by atoms with van der Waals surface area (Å²) >= 11 is 0. The van der Waals surface area contributed by atoms with E-state index in [1.54, 1.807) is 12.1 Å². The van der Waals surface area contributed by atoms with Crippen LogP contribution in [0.1, 0.15) is 11.4 Å². The Balaban J connectivity index is 1.36. The van der Waals surface area contributed by atoms with Gasteiger partial charge in [-0.3, -0.25) is 4.90 Å². The van der Waals surface area contributed by atoms with Gasteiger partial charge in [0.25, 0.3) is 0 Å². The number of benzene rings is 2. The van der Waals surface area contributed by atoms with Gasteiger partial charge in [0, 0.05) is 25.2 Å². The molecule has 6 heteroatoms. The van der Waals surface area contributed by atoms with Crippen molar-refractivity contribution in [2.45, 2.75) is 13.1 Å². The van der Waals surface area contributed by atoms with Crippen molar-refractivity contribution in [1.82, 2.24) is 19.7 Å². The zero-order valence-corrected chi connectivity index (χ0v) is 14.4. The van der Waals surface area contributed by atoms with Gasteiger partial charge >= 0.3 is 0 Å². The SMILES string of the molecule is N#Cc1cccc(OCCN2CCn3c(nnc3-c3ccccc3)C2)c1. The van der Waals surface area contributed by atoms with Crippen LogP contribution in [-0.4, -0.2) is 39.4 Å². The van der Waals surface area contributed by atoms with Crippen LogP contribution in [0.3, 0.4) is 0 Å². The number of hydrogen-bond acceptors (Lipinski definition) is 5. The zero-order chi connectivity index (χ0) is 17.8. The molecule has 130 valence electrons. The van der Waals surface area contributed by atoms with Gasteiger partial charge in [0.1, 0.15) is 18.2 Å². The number of nitrogens with zero attached hydrogens (tertiary/aromatic N) is 5. The van der Waals surface area contributed by atoms with Gasteiger partial charge in [0.15, 0.2) is 5.82 Å². The maximum Gasteiger partial charge on any atom is 0.164 e. The van der Waals surface area contributed by atoms with Crippen LogP contribution < -0.4 is 4.74 Å². The van der Waals surface area contributed by atoms with Gasteiger partial charge in [-0.2, -0.15) is 5.26 Å². The summed E-state index contributed by atoms with van der Waals surface area (Å²) in [5.41, 5.74) is 1.71. The average Bonchev–Trinajstić information content (AvgIpc) is 3.12. The lowest BCUT2D eigenvalue weighted by Crippen LogP contribution is -2.36. The van der Waals surface area contributed by atoms with Gasteiger partial charge in [-0.25, -0.2) is 0 Å². The maximum absolute atomic E-state index is 8.94. The van der Waals surface area contributed by atoms with Crippen LogP contribution in [0.5, 0.6) is 5.75 Å². The van der Waals surface area contributed by atoms with Crippen LogP contribution in [0, 0.1) is 11.3 Å². The highest BCUT2D eigenvalue weighted by molar-refractivity contribution is 5.55. The van der Waals surface area contributed by atoms with Crippen LogP contribution >= 0.6 is 0 Å². The third-order valence-electron chi connectivity index (χ3n) is 4.50. The fraction of sp³-hybridized carbons (Fsp3) is 0.250. The fourth-order valence-electron chi connectivity index (χ4n) is 3.15. The molecule has 1 aliphatic rings. The second-order valence-electron chi connectivity index (χ2n) is 6.22. The van der Waals surface area contributed by atoms with Crippen molar-refractivity contribution in [2.24, 2.45) is 0 Å². The van der Waals surface area contributed by atoms with E-state index in [1.807, 2.05) is 30.3 Å². The van der Waals surface area contributed by atoms with E-state index in [9.17, 15) is 0 Å². The minimum absolute atomic E-state index is 0.578. The van der Waals surface area contributed by atoms with Crippen LogP contribution in [0.25, 0.3) is 11.4 Å². The van der Waals surface area contributed by atoms with E-state index >= 15 is 0 Å². The van der Waals surface area contributed by atoms with Crippen LogP contribution in [0.2, 0.25) is 0 Å². The number of rotatable bonds is 5. The molecular formula is C20H19N5O. The lowest BCUT2D eigenvalue weighted by Gasteiger charge is -2.27. The topological polar surface area (TPSA) is 67.0 Å². The molecule has 0 bridgehead atoms. The quantitative estimate of drug-likeness (QED) is 0.711. The standard InChI is InChI=1S/C20H19N5O/c21-14-16-5-4-8-18(13-16)26-12-11-24-9-10-25-19(15-24)22-23-20(25)17-6-2-1-3-7-17/h1-8,13H,9-12,15H2. The Bertz CT molecular complexity index is 929. The molecule has 0 N–H and O–H groups in total. The van der Waals surface area contributed by atoms with Crippen molar-refractivity contribution in [3.8, 4) is 23.2 Å². The smallest absolute Gasteiger partial charge is 0.164 e. The number of nitriles is 1. The highest BCUT2D eigenvalue weighted by Crippen LogP contribution is 2.21. The van der Waals surface area contributed by atoms with E-state index < -0.39 is 0 Å². The first-order valence-electron chi connectivity index (χ1n) is 8.66. The lowest BCUT2D eigenvalue weighted by molar-refractivity contribution is 0.175. The average molecular weight is 345 g/mol. The maximum atomic E-state index is 8.94. The summed E-state index contributed by atoms with van der Waals surface area (Å²) in [6.07, 6.45) is 0. The van der Waals surface area contributed by atoms with Crippen LogP contribution in [0.15, 0.2) is 54.6 Å². The molecule has 0 fully saturated rings. The minimum atomic E-state index is 0.578. The molecule has 2 heterocycles. The first kappa shape index (κ1) is 16.3. The number of aromatic nitrogens is 3. The van der Waals surface area contributed by atoms with Crippen molar-refractivity contribution >= 4 is 0 Å². The molecule has 0 aliphatic carbocycles. The fourth-order valence-corrected chi connectivity index (χ4v) is 3.15. The van der Waals surface area contributed by atoms with Crippen molar-refractivity contribution in [1.29, 1.82) is 5.26 Å². The first-order chi connectivity index (χ1) is 12.8. The van der Waals surface area contributed by atoms with Gasteiger partial charge in [0.2, 0.25) is 0 Å². The van der Waals surface area contributed by atoms with Crippen molar-refractivity contribution in [3.05, 3.63) is 66.0 Å². The number of hydrogen-bond donors (Lipinski definition) is 0. The molecule has 1 aliphatic heterocycles.